The SMILES string of the molecule is CCn1c(-c2ccc(OCC(=O)Nc3ccc(OC)cc3)cc2)nc2ccccc2c1=O. The van der Waals surface area contributed by atoms with Crippen molar-refractivity contribution in [2.24, 2.45) is 0 Å². The van der Waals surface area contributed by atoms with Crippen molar-refractivity contribution in [3.63, 3.8) is 0 Å². The van der Waals surface area contributed by atoms with Gasteiger partial charge in [-0.25, -0.2) is 4.98 Å². The normalized spacial score (nSPS) is 10.7. The molecule has 7 nitrogen and oxygen atoms in total. The van der Waals surface area contributed by atoms with E-state index in [1.54, 1.807) is 54.1 Å². The third-order valence-electron chi connectivity index (χ3n) is 5.03. The number of aromatic nitrogens is 2. The molecular formula is C25H23N3O4. The zero-order valence-electron chi connectivity index (χ0n) is 17.9. The van der Waals surface area contributed by atoms with E-state index < -0.39 is 0 Å². The van der Waals surface area contributed by atoms with Gasteiger partial charge in [0.05, 0.1) is 18.0 Å². The van der Waals surface area contributed by atoms with Gasteiger partial charge < -0.3 is 14.8 Å². The van der Waals surface area contributed by atoms with Crippen LogP contribution in [0, 0.1) is 0 Å². The van der Waals surface area contributed by atoms with Gasteiger partial charge in [-0.15, -0.1) is 0 Å². The van der Waals surface area contributed by atoms with Gasteiger partial charge in [-0.2, -0.15) is 0 Å². The van der Waals surface area contributed by atoms with Gasteiger partial charge in [-0.1, -0.05) is 12.1 Å². The zero-order valence-corrected chi connectivity index (χ0v) is 17.9. The molecule has 0 saturated carbocycles. The molecule has 0 aliphatic heterocycles. The first kappa shape index (κ1) is 21.1. The van der Waals surface area contributed by atoms with Crippen LogP contribution in [0.15, 0.2) is 77.6 Å². The third kappa shape index (κ3) is 4.46. The molecule has 3 aromatic carbocycles. The summed E-state index contributed by atoms with van der Waals surface area (Å²) < 4.78 is 12.4. The summed E-state index contributed by atoms with van der Waals surface area (Å²) >= 11 is 0. The smallest absolute Gasteiger partial charge is 0.262 e. The second kappa shape index (κ2) is 9.34. The number of anilines is 1. The second-order valence-corrected chi connectivity index (χ2v) is 7.09. The van der Waals surface area contributed by atoms with E-state index in [4.69, 9.17) is 9.47 Å². The molecule has 0 aliphatic rings. The highest BCUT2D eigenvalue weighted by Crippen LogP contribution is 2.22. The van der Waals surface area contributed by atoms with Gasteiger partial charge >= 0.3 is 0 Å². The average Bonchev–Trinajstić information content (AvgIpc) is 2.83. The Morgan fingerprint density at radius 2 is 1.66 bits per heavy atom. The molecule has 0 aliphatic carbocycles. The van der Waals surface area contributed by atoms with Gasteiger partial charge in [-0.05, 0) is 67.6 Å². The number of fused-ring (bicyclic) bond motifs is 1. The molecule has 7 heteroatoms. The summed E-state index contributed by atoms with van der Waals surface area (Å²) in [6.07, 6.45) is 0. The molecule has 1 aromatic heterocycles. The van der Waals surface area contributed by atoms with Gasteiger partial charge in [-0.3, -0.25) is 14.2 Å². The highest BCUT2D eigenvalue weighted by Gasteiger charge is 2.12. The Balaban J connectivity index is 1.46. The van der Waals surface area contributed by atoms with E-state index in [1.165, 1.54) is 0 Å². The van der Waals surface area contributed by atoms with Crippen molar-refractivity contribution in [3.8, 4) is 22.9 Å². The molecule has 0 spiro atoms. The van der Waals surface area contributed by atoms with E-state index in [1.807, 2.05) is 37.3 Å². The standard InChI is InChI=1S/C25H23N3O4/c1-3-28-24(27-22-7-5-4-6-21(22)25(28)30)17-8-12-20(13-9-17)32-16-23(29)26-18-10-14-19(31-2)15-11-18/h4-15H,3,16H2,1-2H3,(H,26,29). The number of hydrogen-bond donors (Lipinski definition) is 1. The summed E-state index contributed by atoms with van der Waals surface area (Å²) in [5.74, 6) is 1.59. The molecule has 0 bridgehead atoms. The Labute approximate surface area is 185 Å². The molecule has 0 saturated heterocycles. The highest BCUT2D eigenvalue weighted by molar-refractivity contribution is 5.91. The number of rotatable bonds is 7. The van der Waals surface area contributed by atoms with Crippen LogP contribution < -0.4 is 20.3 Å². The summed E-state index contributed by atoms with van der Waals surface area (Å²) in [6.45, 7) is 2.30. The number of carbonyl (C=O) groups excluding carboxylic acids is 1. The monoisotopic (exact) mass is 429 g/mol. The van der Waals surface area contributed by atoms with Crippen molar-refractivity contribution in [3.05, 3.63) is 83.2 Å². The predicted octanol–water partition coefficient (Wildman–Crippen LogP) is 4.11. The number of amides is 1. The fraction of sp³-hybridized carbons (Fsp3) is 0.160. The fourth-order valence-corrected chi connectivity index (χ4v) is 3.40. The van der Waals surface area contributed by atoms with Crippen LogP contribution in [0.25, 0.3) is 22.3 Å². The van der Waals surface area contributed by atoms with Crippen molar-refractivity contribution in [2.45, 2.75) is 13.5 Å². The Bertz CT molecular complexity index is 1300. The number of carbonyl (C=O) groups is 1. The second-order valence-electron chi connectivity index (χ2n) is 7.09. The lowest BCUT2D eigenvalue weighted by Crippen LogP contribution is -2.22. The quantitative estimate of drug-likeness (QED) is 0.478. The summed E-state index contributed by atoms with van der Waals surface area (Å²) in [5, 5.41) is 3.37. The summed E-state index contributed by atoms with van der Waals surface area (Å²) in [6, 6.07) is 21.6. The molecule has 1 heterocycles. The van der Waals surface area contributed by atoms with E-state index in [0.29, 0.717) is 40.5 Å². The van der Waals surface area contributed by atoms with Gasteiger partial charge in [0.1, 0.15) is 17.3 Å². The number of nitrogens with one attached hydrogen (secondary N) is 1. The molecule has 32 heavy (non-hydrogen) atoms. The predicted molar refractivity (Wildman–Crippen MR) is 124 cm³/mol. The minimum atomic E-state index is -0.268. The van der Waals surface area contributed by atoms with Crippen molar-refractivity contribution >= 4 is 22.5 Å². The van der Waals surface area contributed by atoms with Crippen LogP contribution in [0.2, 0.25) is 0 Å². The number of hydrogen-bond acceptors (Lipinski definition) is 5. The van der Waals surface area contributed by atoms with Crippen LogP contribution in [0.3, 0.4) is 0 Å². The molecule has 1 amide bonds. The Kier molecular flexibility index (Phi) is 6.17. The molecule has 0 fully saturated rings. The summed E-state index contributed by atoms with van der Waals surface area (Å²) in [4.78, 5) is 29.7. The number of benzene rings is 3. The molecule has 0 unspecified atom stereocenters. The minimum absolute atomic E-state index is 0.0661. The first-order valence-corrected chi connectivity index (χ1v) is 10.3. The number of methoxy groups -OCH3 is 1. The van der Waals surface area contributed by atoms with Crippen LogP contribution >= 0.6 is 0 Å². The van der Waals surface area contributed by atoms with Crippen molar-refractivity contribution in [1.29, 1.82) is 0 Å². The van der Waals surface area contributed by atoms with Crippen LogP contribution in [-0.4, -0.2) is 29.2 Å². The van der Waals surface area contributed by atoms with Crippen LogP contribution in [0.5, 0.6) is 11.5 Å². The molecular weight excluding hydrogens is 406 g/mol. The van der Waals surface area contributed by atoms with E-state index in [2.05, 4.69) is 10.3 Å². The molecule has 0 radical (unpaired) electrons. The largest absolute Gasteiger partial charge is 0.497 e. The Hall–Kier alpha value is -4.13. The lowest BCUT2D eigenvalue weighted by Gasteiger charge is -2.12. The van der Waals surface area contributed by atoms with Crippen molar-refractivity contribution < 1.29 is 14.3 Å². The van der Waals surface area contributed by atoms with Gasteiger partial charge in [0.25, 0.3) is 11.5 Å². The summed E-state index contributed by atoms with van der Waals surface area (Å²) in [7, 11) is 1.59. The van der Waals surface area contributed by atoms with E-state index in [-0.39, 0.29) is 18.1 Å². The summed E-state index contributed by atoms with van der Waals surface area (Å²) in [5.41, 5.74) is 2.05. The average molecular weight is 429 g/mol. The number of ether oxygens (including phenoxy) is 2. The first-order chi connectivity index (χ1) is 15.6. The van der Waals surface area contributed by atoms with Gasteiger partial charge in [0.2, 0.25) is 0 Å². The van der Waals surface area contributed by atoms with Gasteiger partial charge in [0.15, 0.2) is 6.61 Å². The fourth-order valence-electron chi connectivity index (χ4n) is 3.40. The van der Waals surface area contributed by atoms with Crippen molar-refractivity contribution in [1.82, 2.24) is 9.55 Å². The lowest BCUT2D eigenvalue weighted by atomic mass is 10.1. The molecule has 162 valence electrons. The molecule has 4 rings (SSSR count). The topological polar surface area (TPSA) is 82.4 Å². The molecule has 4 aromatic rings. The van der Waals surface area contributed by atoms with Crippen LogP contribution in [0.1, 0.15) is 6.92 Å². The Morgan fingerprint density at radius 3 is 2.34 bits per heavy atom. The van der Waals surface area contributed by atoms with E-state index >= 15 is 0 Å². The van der Waals surface area contributed by atoms with Crippen LogP contribution in [0.4, 0.5) is 5.69 Å². The van der Waals surface area contributed by atoms with E-state index in [0.717, 1.165) is 5.56 Å². The maximum absolute atomic E-state index is 12.8. The van der Waals surface area contributed by atoms with Crippen molar-refractivity contribution in [2.75, 3.05) is 19.0 Å². The minimum Gasteiger partial charge on any atom is -0.497 e. The Morgan fingerprint density at radius 1 is 0.969 bits per heavy atom. The third-order valence-corrected chi connectivity index (χ3v) is 5.03. The lowest BCUT2D eigenvalue weighted by molar-refractivity contribution is -0.118. The zero-order chi connectivity index (χ0) is 22.5. The maximum atomic E-state index is 12.8. The first-order valence-electron chi connectivity index (χ1n) is 10.3. The number of para-hydroxylation sites is 1. The maximum Gasteiger partial charge on any atom is 0.262 e. The van der Waals surface area contributed by atoms with E-state index in [9.17, 15) is 9.59 Å². The molecule has 1 N–H and O–H groups in total. The molecule has 0 atom stereocenters. The number of nitrogens with zero attached hydrogens (tertiary/aromatic N) is 2. The van der Waals surface area contributed by atoms with Gasteiger partial charge in [0, 0.05) is 17.8 Å². The highest BCUT2D eigenvalue weighted by atomic mass is 16.5. The van der Waals surface area contributed by atoms with Crippen LogP contribution in [-0.2, 0) is 11.3 Å².